The van der Waals surface area contributed by atoms with Gasteiger partial charge in [0.05, 0.1) is 6.61 Å². The molecule has 2 N–H and O–H groups in total. The maximum absolute atomic E-state index is 12.0. The van der Waals surface area contributed by atoms with Crippen molar-refractivity contribution in [3.8, 4) is 5.75 Å². The fourth-order valence-corrected chi connectivity index (χ4v) is 2.49. The minimum Gasteiger partial charge on any atom is -0.493 e. The van der Waals surface area contributed by atoms with Crippen LogP contribution in [0.4, 0.5) is 0 Å². The number of carbonyl (C=O) groups excluding carboxylic acids is 1. The number of ether oxygens (including phenoxy) is 1. The second kappa shape index (κ2) is 6.71. The van der Waals surface area contributed by atoms with Crippen LogP contribution in [0.1, 0.15) is 37.3 Å². The third kappa shape index (κ3) is 3.80. The summed E-state index contributed by atoms with van der Waals surface area (Å²) in [4.78, 5) is 12.0. The second-order valence-electron chi connectivity index (χ2n) is 5.34. The molecule has 3 nitrogen and oxygen atoms in total. The molecule has 0 bridgehead atoms. The summed E-state index contributed by atoms with van der Waals surface area (Å²) in [5.74, 6) is 1.50. The molecular weight excluding hydrogens is 238 g/mol. The number of ketones is 1. The summed E-state index contributed by atoms with van der Waals surface area (Å²) in [6, 6.07) is 6.28. The van der Waals surface area contributed by atoms with Gasteiger partial charge in [-0.3, -0.25) is 4.79 Å². The first-order chi connectivity index (χ1) is 9.20. The Morgan fingerprint density at radius 3 is 3.11 bits per heavy atom. The van der Waals surface area contributed by atoms with E-state index in [0.717, 1.165) is 38.0 Å². The number of carbonyl (C=O) groups is 1. The van der Waals surface area contributed by atoms with Crippen molar-refractivity contribution in [3.05, 3.63) is 29.3 Å². The van der Waals surface area contributed by atoms with Crippen LogP contribution in [0.15, 0.2) is 18.2 Å². The molecule has 1 aromatic rings. The number of Topliss-reactive ketones (excluding diaryl/α,β-unsaturated/α-hetero) is 1. The molecule has 19 heavy (non-hydrogen) atoms. The summed E-state index contributed by atoms with van der Waals surface area (Å²) in [5.41, 5.74) is 7.99. The van der Waals surface area contributed by atoms with Gasteiger partial charge in [-0.25, -0.2) is 0 Å². The highest BCUT2D eigenvalue weighted by atomic mass is 16.5. The van der Waals surface area contributed by atoms with E-state index in [1.54, 1.807) is 0 Å². The zero-order valence-corrected chi connectivity index (χ0v) is 11.7. The Bertz CT molecular complexity index is 442. The van der Waals surface area contributed by atoms with Gasteiger partial charge in [0.25, 0.3) is 0 Å². The van der Waals surface area contributed by atoms with E-state index < -0.39 is 0 Å². The highest BCUT2D eigenvalue weighted by Gasteiger charge is 2.14. The quantitative estimate of drug-likeness (QED) is 0.820. The molecule has 2 rings (SSSR count). The standard InChI is InChI=1S/C16H23NO2/c1-12(3-2-9-17)15(18)6-4-13-5-7-16-14(11-13)8-10-19-16/h5,7,11-12H,2-4,6,8-10,17H2,1H3. The van der Waals surface area contributed by atoms with E-state index in [1.807, 2.05) is 13.0 Å². The van der Waals surface area contributed by atoms with E-state index in [4.69, 9.17) is 10.5 Å². The smallest absolute Gasteiger partial charge is 0.136 e. The molecule has 0 saturated carbocycles. The number of rotatable bonds is 7. The summed E-state index contributed by atoms with van der Waals surface area (Å²) in [5, 5.41) is 0. The van der Waals surface area contributed by atoms with E-state index in [-0.39, 0.29) is 5.92 Å². The first-order valence-electron chi connectivity index (χ1n) is 7.18. The highest BCUT2D eigenvalue weighted by molar-refractivity contribution is 5.80. The van der Waals surface area contributed by atoms with Crippen LogP contribution in [0.25, 0.3) is 0 Å². The number of benzene rings is 1. The Morgan fingerprint density at radius 2 is 2.32 bits per heavy atom. The summed E-state index contributed by atoms with van der Waals surface area (Å²) >= 11 is 0. The van der Waals surface area contributed by atoms with Gasteiger partial charge in [-0.2, -0.15) is 0 Å². The Morgan fingerprint density at radius 1 is 1.47 bits per heavy atom. The molecule has 1 aliphatic rings. The first-order valence-corrected chi connectivity index (χ1v) is 7.18. The number of fused-ring (bicyclic) bond motifs is 1. The van der Waals surface area contributed by atoms with Gasteiger partial charge in [-0.1, -0.05) is 19.1 Å². The molecular formula is C16H23NO2. The average Bonchev–Trinajstić information content (AvgIpc) is 2.89. The van der Waals surface area contributed by atoms with Crippen LogP contribution in [0.5, 0.6) is 5.75 Å². The van der Waals surface area contributed by atoms with E-state index in [1.165, 1.54) is 11.1 Å². The van der Waals surface area contributed by atoms with Crippen molar-refractivity contribution in [1.82, 2.24) is 0 Å². The lowest BCUT2D eigenvalue weighted by Gasteiger charge is -2.10. The van der Waals surface area contributed by atoms with Crippen molar-refractivity contribution >= 4 is 5.78 Å². The van der Waals surface area contributed by atoms with Crippen LogP contribution in [0.3, 0.4) is 0 Å². The maximum atomic E-state index is 12.0. The Labute approximate surface area is 115 Å². The van der Waals surface area contributed by atoms with Crippen LogP contribution < -0.4 is 10.5 Å². The van der Waals surface area contributed by atoms with Crippen molar-refractivity contribution < 1.29 is 9.53 Å². The third-order valence-corrected chi connectivity index (χ3v) is 3.80. The van der Waals surface area contributed by atoms with Gasteiger partial charge in [0.15, 0.2) is 0 Å². The molecule has 0 aliphatic carbocycles. The monoisotopic (exact) mass is 261 g/mol. The summed E-state index contributed by atoms with van der Waals surface area (Å²) in [6.07, 6.45) is 4.30. The topological polar surface area (TPSA) is 52.3 Å². The van der Waals surface area contributed by atoms with Gasteiger partial charge in [0.2, 0.25) is 0 Å². The number of hydrogen-bond donors (Lipinski definition) is 1. The number of hydrogen-bond acceptors (Lipinski definition) is 3. The number of aryl methyl sites for hydroxylation is 1. The minimum absolute atomic E-state index is 0.140. The fourth-order valence-electron chi connectivity index (χ4n) is 2.49. The SMILES string of the molecule is CC(CCCN)C(=O)CCc1ccc2c(c1)CCO2. The minimum atomic E-state index is 0.140. The molecule has 1 heterocycles. The highest BCUT2D eigenvalue weighted by Crippen LogP contribution is 2.26. The largest absolute Gasteiger partial charge is 0.493 e. The molecule has 1 aliphatic heterocycles. The van der Waals surface area contributed by atoms with Gasteiger partial charge in [-0.15, -0.1) is 0 Å². The third-order valence-electron chi connectivity index (χ3n) is 3.80. The van der Waals surface area contributed by atoms with Crippen molar-refractivity contribution in [3.63, 3.8) is 0 Å². The Hall–Kier alpha value is -1.35. The summed E-state index contributed by atoms with van der Waals surface area (Å²) in [6.45, 7) is 3.46. The lowest BCUT2D eigenvalue weighted by molar-refractivity contribution is -0.122. The summed E-state index contributed by atoms with van der Waals surface area (Å²) in [7, 11) is 0. The lowest BCUT2D eigenvalue weighted by atomic mass is 9.95. The lowest BCUT2D eigenvalue weighted by Crippen LogP contribution is -2.13. The average molecular weight is 261 g/mol. The van der Waals surface area contributed by atoms with Crippen LogP contribution >= 0.6 is 0 Å². The molecule has 3 heteroatoms. The van der Waals surface area contributed by atoms with Gasteiger partial charge < -0.3 is 10.5 Å². The predicted molar refractivity (Wildman–Crippen MR) is 76.4 cm³/mol. The molecule has 1 aromatic carbocycles. The van der Waals surface area contributed by atoms with Crippen molar-refractivity contribution in [2.75, 3.05) is 13.2 Å². The van der Waals surface area contributed by atoms with E-state index in [0.29, 0.717) is 18.7 Å². The Kier molecular flexibility index (Phi) is 4.97. The zero-order valence-electron chi connectivity index (χ0n) is 11.7. The van der Waals surface area contributed by atoms with Crippen molar-refractivity contribution in [1.29, 1.82) is 0 Å². The van der Waals surface area contributed by atoms with Crippen LogP contribution in [-0.4, -0.2) is 18.9 Å². The Balaban J connectivity index is 1.83. The maximum Gasteiger partial charge on any atom is 0.136 e. The molecule has 0 amide bonds. The van der Waals surface area contributed by atoms with Crippen molar-refractivity contribution in [2.45, 2.75) is 39.0 Å². The number of nitrogens with two attached hydrogens (primary N) is 1. The molecule has 0 aromatic heterocycles. The summed E-state index contributed by atoms with van der Waals surface area (Å²) < 4.78 is 5.48. The van der Waals surface area contributed by atoms with Gasteiger partial charge >= 0.3 is 0 Å². The van der Waals surface area contributed by atoms with Crippen LogP contribution in [-0.2, 0) is 17.6 Å². The molecule has 0 radical (unpaired) electrons. The van der Waals surface area contributed by atoms with Gasteiger partial charge in [0.1, 0.15) is 11.5 Å². The fraction of sp³-hybridized carbons (Fsp3) is 0.562. The normalized spacial score (nSPS) is 14.8. The first kappa shape index (κ1) is 14.1. The van der Waals surface area contributed by atoms with Crippen LogP contribution in [0, 0.1) is 5.92 Å². The molecule has 0 saturated heterocycles. The van der Waals surface area contributed by atoms with E-state index in [9.17, 15) is 4.79 Å². The molecule has 1 unspecified atom stereocenters. The molecule has 0 fully saturated rings. The second-order valence-corrected chi connectivity index (χ2v) is 5.34. The molecule has 0 spiro atoms. The van der Waals surface area contributed by atoms with E-state index >= 15 is 0 Å². The van der Waals surface area contributed by atoms with Crippen molar-refractivity contribution in [2.24, 2.45) is 11.7 Å². The van der Waals surface area contributed by atoms with Gasteiger partial charge in [0, 0.05) is 18.8 Å². The van der Waals surface area contributed by atoms with E-state index in [2.05, 4.69) is 12.1 Å². The van der Waals surface area contributed by atoms with Gasteiger partial charge in [-0.05, 0) is 43.0 Å². The van der Waals surface area contributed by atoms with Crippen LogP contribution in [0.2, 0.25) is 0 Å². The molecule has 104 valence electrons. The predicted octanol–water partition coefficient (Wildman–Crippen LogP) is 2.50. The molecule has 1 atom stereocenters. The zero-order chi connectivity index (χ0) is 13.7.